The summed E-state index contributed by atoms with van der Waals surface area (Å²) in [5.74, 6) is -0.482. The van der Waals surface area contributed by atoms with Crippen molar-refractivity contribution in [3.8, 4) is 0 Å². The van der Waals surface area contributed by atoms with Gasteiger partial charge in [0.15, 0.2) is 0 Å². The highest BCUT2D eigenvalue weighted by Crippen LogP contribution is 2.28. The van der Waals surface area contributed by atoms with Gasteiger partial charge in [0.2, 0.25) is 0 Å². The third kappa shape index (κ3) is 10.5. The second-order valence-corrected chi connectivity index (χ2v) is 29.0. The van der Waals surface area contributed by atoms with E-state index in [2.05, 4.69) is 72.3 Å². The Morgan fingerprint density at radius 3 is 1.50 bits per heavy atom. The van der Waals surface area contributed by atoms with Crippen LogP contribution in [0.5, 0.6) is 0 Å². The lowest BCUT2D eigenvalue weighted by molar-refractivity contribution is -0.146. The normalized spacial score (nSPS) is 14.1. The Morgan fingerprint density at radius 1 is 0.722 bits per heavy atom. The van der Waals surface area contributed by atoms with E-state index in [1.54, 1.807) is 14.2 Å². The molecule has 0 amide bonds. The number of carbonyl (C=O) groups excluding carboxylic acids is 2. The summed E-state index contributed by atoms with van der Waals surface area (Å²) < 4.78 is 26.2. The van der Waals surface area contributed by atoms with Gasteiger partial charge in [-0.25, -0.2) is 0 Å². The molecule has 0 aromatic rings. The van der Waals surface area contributed by atoms with Gasteiger partial charge in [0.1, 0.15) is 14.3 Å². The molecule has 0 saturated heterocycles. The molecule has 0 saturated carbocycles. The van der Waals surface area contributed by atoms with Crippen molar-refractivity contribution in [2.24, 2.45) is 0 Å². The van der Waals surface area contributed by atoms with Gasteiger partial charge >= 0.3 is 14.5 Å². The summed E-state index contributed by atoms with van der Waals surface area (Å²) in [5.41, 5.74) is 0. The molecular weight excluding hydrogens is 523 g/mol. The van der Waals surface area contributed by atoms with E-state index in [4.69, 9.17) is 17.7 Å². The molecule has 0 aliphatic rings. The number of carbonyl (C=O) groups is 2. The summed E-state index contributed by atoms with van der Waals surface area (Å²) in [6, 6.07) is 5.56. The van der Waals surface area contributed by atoms with Crippen LogP contribution in [0.3, 0.4) is 0 Å². The van der Waals surface area contributed by atoms with E-state index in [9.17, 15) is 9.59 Å². The summed E-state index contributed by atoms with van der Waals surface area (Å²) in [6.07, 6.45) is 0.895. The Kier molecular flexibility index (Phi) is 15.8. The molecule has 1 atom stereocenters. The molecule has 7 nitrogen and oxygen atoms in total. The zero-order valence-electron chi connectivity index (χ0n) is 25.5. The molecule has 1 unspecified atom stereocenters. The molecule has 214 valence electrons. The van der Waals surface area contributed by atoms with Gasteiger partial charge in [-0.1, -0.05) is 61.2 Å². The zero-order valence-corrected chi connectivity index (χ0v) is 29.5. The Labute approximate surface area is 226 Å². The van der Waals surface area contributed by atoms with E-state index in [-0.39, 0.29) is 18.4 Å². The summed E-state index contributed by atoms with van der Waals surface area (Å²) in [5, 5.41) is 0. The van der Waals surface area contributed by atoms with Gasteiger partial charge in [0.25, 0.3) is 22.6 Å². The molecule has 0 N–H and O–H groups in total. The first kappa shape index (κ1) is 35.7. The number of hydrogen-bond acceptors (Lipinski definition) is 7. The van der Waals surface area contributed by atoms with Crippen LogP contribution in [0.1, 0.15) is 54.4 Å². The highest BCUT2D eigenvalue weighted by atomic mass is 28.4. The maximum Gasteiger partial charge on any atom is 0.334 e. The molecule has 0 aromatic heterocycles. The van der Waals surface area contributed by atoms with E-state index >= 15 is 0 Å². The van der Waals surface area contributed by atoms with E-state index in [0.29, 0.717) is 6.54 Å². The number of hydrogen-bond donors (Lipinski definition) is 0. The van der Waals surface area contributed by atoms with Gasteiger partial charge in [-0.15, -0.1) is 0 Å². The second-order valence-electron chi connectivity index (χ2n) is 11.1. The molecule has 0 bridgehead atoms. The van der Waals surface area contributed by atoms with Gasteiger partial charge in [-0.3, -0.25) is 9.59 Å². The number of nitrogens with zero attached hydrogens (tertiary/aromatic N) is 1. The van der Waals surface area contributed by atoms with Crippen molar-refractivity contribution in [3.63, 3.8) is 0 Å². The third-order valence-corrected chi connectivity index (χ3v) is 22.6. The quantitative estimate of drug-likeness (QED) is 0.157. The highest BCUT2D eigenvalue weighted by molar-refractivity contribution is 6.76. The third-order valence-electron chi connectivity index (χ3n) is 8.28. The van der Waals surface area contributed by atoms with E-state index < -0.39 is 39.5 Å². The first-order valence-electron chi connectivity index (χ1n) is 14.0. The van der Waals surface area contributed by atoms with Crippen molar-refractivity contribution in [1.29, 1.82) is 0 Å². The van der Waals surface area contributed by atoms with Gasteiger partial charge in [-0.2, -0.15) is 0 Å². The Bertz CT molecular complexity index is 645. The lowest BCUT2D eigenvalue weighted by Crippen LogP contribution is -2.58. The molecule has 0 radical (unpaired) electrons. The number of rotatable bonds is 19. The minimum Gasteiger partial charge on any atom is -0.519 e. The molecular formula is C25H57NO6Si4. The molecule has 0 fully saturated rings. The van der Waals surface area contributed by atoms with Crippen LogP contribution >= 0.6 is 0 Å². The SMILES string of the molecule is CC[Si](CC)(CC)OC(=O)CC(C(=O)O[Si](CC)(CC)CC)N(CCC[Si](C)(OC)OC)[Si](C)(C)C. The van der Waals surface area contributed by atoms with E-state index in [1.807, 2.05) is 0 Å². The molecule has 0 rings (SSSR count). The van der Waals surface area contributed by atoms with Crippen molar-refractivity contribution in [1.82, 2.24) is 4.57 Å². The fourth-order valence-corrected chi connectivity index (χ4v) is 13.1. The van der Waals surface area contributed by atoms with Crippen LogP contribution in [0.15, 0.2) is 0 Å². The van der Waals surface area contributed by atoms with Crippen LogP contribution in [0.25, 0.3) is 0 Å². The van der Waals surface area contributed by atoms with E-state index in [1.165, 1.54) is 0 Å². The molecule has 0 aliphatic carbocycles. The van der Waals surface area contributed by atoms with Crippen LogP contribution < -0.4 is 0 Å². The summed E-state index contributed by atoms with van der Waals surface area (Å²) >= 11 is 0. The van der Waals surface area contributed by atoms with Crippen LogP contribution in [0.4, 0.5) is 0 Å². The van der Waals surface area contributed by atoms with Crippen molar-refractivity contribution in [2.75, 3.05) is 20.8 Å². The highest BCUT2D eigenvalue weighted by Gasteiger charge is 2.43. The fraction of sp³-hybridized carbons (Fsp3) is 0.920. The first-order valence-corrected chi connectivity index (χ1v) is 25.0. The minimum absolute atomic E-state index is 0.0583. The predicted molar refractivity (Wildman–Crippen MR) is 160 cm³/mol. The average molecular weight is 580 g/mol. The van der Waals surface area contributed by atoms with E-state index in [0.717, 1.165) is 48.7 Å². The Morgan fingerprint density at radius 2 is 1.14 bits per heavy atom. The molecule has 11 heteroatoms. The van der Waals surface area contributed by atoms with Gasteiger partial charge in [0.05, 0.1) is 6.42 Å². The van der Waals surface area contributed by atoms with Crippen molar-refractivity contribution >= 4 is 45.4 Å². The van der Waals surface area contributed by atoms with Crippen molar-refractivity contribution in [2.45, 2.75) is 129 Å². The molecule has 0 aromatic carbocycles. The lowest BCUT2D eigenvalue weighted by Gasteiger charge is -2.41. The Balaban J connectivity index is 6.15. The molecule has 0 heterocycles. The average Bonchev–Trinajstić information content (AvgIpc) is 2.86. The van der Waals surface area contributed by atoms with Crippen LogP contribution in [-0.4, -0.2) is 76.7 Å². The lowest BCUT2D eigenvalue weighted by atomic mass is 10.2. The molecule has 0 spiro atoms. The van der Waals surface area contributed by atoms with Crippen LogP contribution in [0.2, 0.25) is 68.5 Å². The maximum absolute atomic E-state index is 13.9. The maximum atomic E-state index is 13.9. The fourth-order valence-electron chi connectivity index (χ4n) is 4.79. The van der Waals surface area contributed by atoms with Crippen LogP contribution in [0, 0.1) is 0 Å². The summed E-state index contributed by atoms with van der Waals surface area (Å²) in [4.78, 5) is 27.2. The van der Waals surface area contributed by atoms with Crippen LogP contribution in [-0.2, 0) is 27.3 Å². The van der Waals surface area contributed by atoms with Gasteiger partial charge < -0.3 is 22.3 Å². The molecule has 0 aliphatic heterocycles. The second kappa shape index (κ2) is 15.9. The standard InChI is InChI=1S/C25H57NO6Si4/c1-13-35(14-2,15-3)31-24(27)22-23(25(28)32-36(16-4,17-5)18-6)26(33(9,10)11)20-19-21-34(12,29-7)30-8/h23H,13-22H2,1-12H3. The van der Waals surface area contributed by atoms with Gasteiger partial charge in [-0.05, 0) is 61.8 Å². The monoisotopic (exact) mass is 579 g/mol. The topological polar surface area (TPSA) is 74.3 Å². The molecule has 36 heavy (non-hydrogen) atoms. The van der Waals surface area contributed by atoms with Crippen molar-refractivity contribution < 1.29 is 27.3 Å². The predicted octanol–water partition coefficient (Wildman–Crippen LogP) is 6.73. The largest absolute Gasteiger partial charge is 0.519 e. The minimum atomic E-state index is -2.23. The van der Waals surface area contributed by atoms with Gasteiger partial charge in [0, 0.05) is 14.2 Å². The smallest absolute Gasteiger partial charge is 0.334 e. The summed E-state index contributed by atoms with van der Waals surface area (Å²) in [7, 11) is -5.11. The first-order chi connectivity index (χ1) is 16.7. The zero-order chi connectivity index (χ0) is 28.2. The van der Waals surface area contributed by atoms with Crippen molar-refractivity contribution in [3.05, 3.63) is 0 Å². The Hall–Kier alpha value is -0.312. The summed E-state index contributed by atoms with van der Waals surface area (Å²) in [6.45, 7) is 22.2.